The molecule has 1 amide bonds. The molecule has 1 fully saturated rings. The van der Waals surface area contributed by atoms with Gasteiger partial charge in [0, 0.05) is 25.2 Å². The first-order valence-electron chi connectivity index (χ1n) is 7.94. The third kappa shape index (κ3) is 4.05. The molecule has 0 aromatic heterocycles. The Morgan fingerprint density at radius 3 is 2.59 bits per heavy atom. The van der Waals surface area contributed by atoms with Gasteiger partial charge in [-0.05, 0) is 37.0 Å². The van der Waals surface area contributed by atoms with Crippen LogP contribution in [-0.4, -0.2) is 31.7 Å². The molecule has 122 valence electrons. The van der Waals surface area contributed by atoms with Crippen molar-refractivity contribution < 1.29 is 13.9 Å². The maximum absolute atomic E-state index is 13.2. The van der Waals surface area contributed by atoms with Crippen LogP contribution in [-0.2, 0) is 14.9 Å². The molecule has 1 heterocycles. The van der Waals surface area contributed by atoms with Crippen molar-refractivity contribution in [2.75, 3.05) is 19.8 Å². The fraction of sp³-hybridized carbons (Fsp3) is 0.588. The number of hydrogen-bond donors (Lipinski definition) is 2. The van der Waals surface area contributed by atoms with Gasteiger partial charge in [0.05, 0.1) is 6.04 Å². The van der Waals surface area contributed by atoms with E-state index in [1.54, 1.807) is 12.1 Å². The molecule has 1 aromatic rings. The molecule has 22 heavy (non-hydrogen) atoms. The van der Waals surface area contributed by atoms with E-state index in [1.165, 1.54) is 12.1 Å². The minimum atomic E-state index is -0.463. The average Bonchev–Trinajstić information content (AvgIpc) is 2.54. The molecule has 1 unspecified atom stereocenters. The zero-order valence-electron chi connectivity index (χ0n) is 13.1. The normalized spacial score (nSPS) is 18.7. The topological polar surface area (TPSA) is 64.4 Å². The maximum Gasteiger partial charge on any atom is 0.236 e. The number of carbonyl (C=O) groups excluding carboxylic acids is 1. The first-order chi connectivity index (χ1) is 10.6. The molecular weight excluding hydrogens is 283 g/mol. The van der Waals surface area contributed by atoms with E-state index in [0.717, 1.165) is 24.8 Å². The zero-order chi connectivity index (χ0) is 16.0. The van der Waals surface area contributed by atoms with E-state index in [2.05, 4.69) is 5.32 Å². The van der Waals surface area contributed by atoms with E-state index in [-0.39, 0.29) is 17.1 Å². The summed E-state index contributed by atoms with van der Waals surface area (Å²) in [6, 6.07) is 6.08. The number of carbonyl (C=O) groups is 1. The van der Waals surface area contributed by atoms with Crippen molar-refractivity contribution in [3.05, 3.63) is 35.6 Å². The van der Waals surface area contributed by atoms with Crippen LogP contribution in [0.3, 0.4) is 0 Å². The minimum absolute atomic E-state index is 0.116. The lowest BCUT2D eigenvalue weighted by Crippen LogP contribution is -2.48. The standard InChI is InChI=1S/C17H25FN2O2/c1-2-3-15(19)16(21)20-12-17(8-10-22-11-9-17)13-4-6-14(18)7-5-13/h4-7,15H,2-3,8-12,19H2,1H3,(H,20,21). The minimum Gasteiger partial charge on any atom is -0.381 e. The highest BCUT2D eigenvalue weighted by atomic mass is 19.1. The van der Waals surface area contributed by atoms with Gasteiger partial charge in [-0.3, -0.25) is 4.79 Å². The number of nitrogens with two attached hydrogens (primary N) is 1. The Hall–Kier alpha value is -1.46. The van der Waals surface area contributed by atoms with Crippen LogP contribution in [0.4, 0.5) is 4.39 Å². The molecule has 0 saturated carbocycles. The van der Waals surface area contributed by atoms with Crippen LogP contribution in [0.1, 0.15) is 38.2 Å². The lowest BCUT2D eigenvalue weighted by atomic mass is 9.74. The molecule has 0 bridgehead atoms. The fourth-order valence-electron chi connectivity index (χ4n) is 2.96. The van der Waals surface area contributed by atoms with Crippen molar-refractivity contribution in [2.24, 2.45) is 5.73 Å². The number of halogens is 1. The van der Waals surface area contributed by atoms with Gasteiger partial charge in [0.15, 0.2) is 0 Å². The summed E-state index contributed by atoms with van der Waals surface area (Å²) in [6.07, 6.45) is 3.17. The van der Waals surface area contributed by atoms with Gasteiger partial charge in [0.2, 0.25) is 5.91 Å². The summed E-state index contributed by atoms with van der Waals surface area (Å²) in [7, 11) is 0. The molecule has 4 nitrogen and oxygen atoms in total. The van der Waals surface area contributed by atoms with E-state index in [0.29, 0.717) is 26.2 Å². The molecule has 1 aromatic carbocycles. The van der Waals surface area contributed by atoms with Crippen molar-refractivity contribution in [3.63, 3.8) is 0 Å². The monoisotopic (exact) mass is 308 g/mol. The van der Waals surface area contributed by atoms with Gasteiger partial charge in [-0.15, -0.1) is 0 Å². The third-order valence-corrected chi connectivity index (χ3v) is 4.44. The molecular formula is C17H25FN2O2. The second kappa shape index (κ2) is 7.70. The van der Waals surface area contributed by atoms with Crippen molar-refractivity contribution in [1.82, 2.24) is 5.32 Å². The second-order valence-electron chi connectivity index (χ2n) is 6.01. The number of nitrogens with one attached hydrogen (secondary N) is 1. The van der Waals surface area contributed by atoms with Gasteiger partial charge in [-0.2, -0.15) is 0 Å². The van der Waals surface area contributed by atoms with Gasteiger partial charge < -0.3 is 15.8 Å². The summed E-state index contributed by atoms with van der Waals surface area (Å²) in [4.78, 5) is 12.1. The van der Waals surface area contributed by atoms with E-state index in [9.17, 15) is 9.18 Å². The van der Waals surface area contributed by atoms with E-state index in [4.69, 9.17) is 10.5 Å². The Labute approximate surface area is 131 Å². The Morgan fingerprint density at radius 2 is 2.00 bits per heavy atom. The van der Waals surface area contributed by atoms with Crippen LogP contribution in [0, 0.1) is 5.82 Å². The van der Waals surface area contributed by atoms with Crippen molar-refractivity contribution in [2.45, 2.75) is 44.1 Å². The summed E-state index contributed by atoms with van der Waals surface area (Å²) in [5, 5.41) is 2.98. The maximum atomic E-state index is 13.2. The van der Waals surface area contributed by atoms with Crippen LogP contribution >= 0.6 is 0 Å². The van der Waals surface area contributed by atoms with Gasteiger partial charge in [0.1, 0.15) is 5.82 Å². The number of hydrogen-bond acceptors (Lipinski definition) is 3. The van der Waals surface area contributed by atoms with Crippen LogP contribution in [0.15, 0.2) is 24.3 Å². The highest BCUT2D eigenvalue weighted by molar-refractivity contribution is 5.81. The third-order valence-electron chi connectivity index (χ3n) is 4.44. The van der Waals surface area contributed by atoms with Crippen molar-refractivity contribution in [1.29, 1.82) is 0 Å². The highest BCUT2D eigenvalue weighted by Crippen LogP contribution is 2.34. The highest BCUT2D eigenvalue weighted by Gasteiger charge is 2.35. The van der Waals surface area contributed by atoms with Crippen LogP contribution < -0.4 is 11.1 Å². The molecule has 0 radical (unpaired) electrons. The largest absolute Gasteiger partial charge is 0.381 e. The Bertz CT molecular complexity index is 484. The average molecular weight is 308 g/mol. The summed E-state index contributed by atoms with van der Waals surface area (Å²) >= 11 is 0. The quantitative estimate of drug-likeness (QED) is 0.846. The smallest absolute Gasteiger partial charge is 0.236 e. The predicted molar refractivity (Wildman–Crippen MR) is 84.0 cm³/mol. The summed E-state index contributed by atoms with van der Waals surface area (Å²) in [5.41, 5.74) is 6.70. The fourth-order valence-corrected chi connectivity index (χ4v) is 2.96. The molecule has 5 heteroatoms. The van der Waals surface area contributed by atoms with Gasteiger partial charge in [0.25, 0.3) is 0 Å². The lowest BCUT2D eigenvalue weighted by Gasteiger charge is -2.38. The molecule has 3 N–H and O–H groups in total. The van der Waals surface area contributed by atoms with E-state index < -0.39 is 6.04 Å². The van der Waals surface area contributed by atoms with E-state index >= 15 is 0 Å². The molecule has 1 aliphatic heterocycles. The molecule has 1 saturated heterocycles. The van der Waals surface area contributed by atoms with Gasteiger partial charge in [-0.25, -0.2) is 4.39 Å². The van der Waals surface area contributed by atoms with Crippen LogP contribution in [0.5, 0.6) is 0 Å². The summed E-state index contributed by atoms with van der Waals surface area (Å²) in [5.74, 6) is -0.366. The molecule has 0 aliphatic carbocycles. The molecule has 1 aliphatic rings. The first kappa shape index (κ1) is 16.9. The van der Waals surface area contributed by atoms with Gasteiger partial charge in [-0.1, -0.05) is 25.5 Å². The number of rotatable bonds is 6. The Balaban J connectivity index is 2.09. The summed E-state index contributed by atoms with van der Waals surface area (Å²) < 4.78 is 18.6. The SMILES string of the molecule is CCCC(N)C(=O)NCC1(c2ccc(F)cc2)CCOCC1. The molecule has 2 rings (SSSR count). The van der Waals surface area contributed by atoms with Crippen LogP contribution in [0.25, 0.3) is 0 Å². The number of benzene rings is 1. The number of ether oxygens (including phenoxy) is 1. The van der Waals surface area contributed by atoms with Crippen molar-refractivity contribution >= 4 is 5.91 Å². The number of amides is 1. The predicted octanol–water partition coefficient (Wildman–Crippen LogP) is 2.12. The first-order valence-corrected chi connectivity index (χ1v) is 7.94. The molecule has 0 spiro atoms. The Morgan fingerprint density at radius 1 is 1.36 bits per heavy atom. The summed E-state index contributed by atoms with van der Waals surface area (Å²) in [6.45, 7) is 3.81. The van der Waals surface area contributed by atoms with Crippen molar-refractivity contribution in [3.8, 4) is 0 Å². The molecule has 1 atom stereocenters. The Kier molecular flexibility index (Phi) is 5.91. The van der Waals surface area contributed by atoms with E-state index in [1.807, 2.05) is 6.92 Å². The lowest BCUT2D eigenvalue weighted by molar-refractivity contribution is -0.123. The van der Waals surface area contributed by atoms with Gasteiger partial charge >= 0.3 is 0 Å². The van der Waals surface area contributed by atoms with Crippen LogP contribution in [0.2, 0.25) is 0 Å². The zero-order valence-corrected chi connectivity index (χ0v) is 13.1. The second-order valence-corrected chi connectivity index (χ2v) is 6.01.